The second kappa shape index (κ2) is 9.07. The van der Waals surface area contributed by atoms with E-state index in [1.807, 2.05) is 13.8 Å². The Labute approximate surface area is 134 Å². The molecule has 0 unspecified atom stereocenters. The number of nitrogens with one attached hydrogen (secondary N) is 2. The monoisotopic (exact) mass is 328 g/mol. The highest BCUT2D eigenvalue weighted by molar-refractivity contribution is 5.94. The predicted octanol–water partition coefficient (Wildman–Crippen LogP) is 2.86. The van der Waals surface area contributed by atoms with Crippen LogP contribution in [0.2, 0.25) is 0 Å². The molecule has 128 valence electrons. The van der Waals surface area contributed by atoms with Crippen LogP contribution in [0.4, 0.5) is 13.6 Å². The van der Waals surface area contributed by atoms with Crippen LogP contribution in [-0.2, 0) is 4.74 Å². The van der Waals surface area contributed by atoms with Gasteiger partial charge in [0.2, 0.25) is 0 Å². The van der Waals surface area contributed by atoms with Crippen LogP contribution >= 0.6 is 0 Å². The van der Waals surface area contributed by atoms with Gasteiger partial charge >= 0.3 is 6.09 Å². The van der Waals surface area contributed by atoms with Gasteiger partial charge in [-0.2, -0.15) is 0 Å². The van der Waals surface area contributed by atoms with Gasteiger partial charge in [0, 0.05) is 18.2 Å². The van der Waals surface area contributed by atoms with Crippen molar-refractivity contribution in [2.75, 3.05) is 13.2 Å². The van der Waals surface area contributed by atoms with Gasteiger partial charge in [0.15, 0.2) is 11.6 Å². The van der Waals surface area contributed by atoms with E-state index in [4.69, 9.17) is 4.74 Å². The van der Waals surface area contributed by atoms with Crippen molar-refractivity contribution in [3.8, 4) is 0 Å². The second-order valence-corrected chi connectivity index (χ2v) is 5.53. The van der Waals surface area contributed by atoms with Crippen molar-refractivity contribution in [1.82, 2.24) is 10.6 Å². The van der Waals surface area contributed by atoms with Gasteiger partial charge in [-0.15, -0.1) is 0 Å². The summed E-state index contributed by atoms with van der Waals surface area (Å²) < 4.78 is 30.8. The molecule has 0 aliphatic rings. The summed E-state index contributed by atoms with van der Waals surface area (Å²) in [6, 6.07) is 2.61. The van der Waals surface area contributed by atoms with Gasteiger partial charge in [-0.1, -0.05) is 13.8 Å². The molecule has 2 N–H and O–H groups in total. The number of hydrogen-bond acceptors (Lipinski definition) is 3. The minimum absolute atomic E-state index is 0.0170. The number of ether oxygens (including phenoxy) is 1. The molecule has 1 aromatic carbocycles. The standard InChI is InChI=1S/C16H22F2N2O3/c1-4-23-16(22)20-12(7-10(2)3)9-19-15(21)11-5-6-13(17)14(18)8-11/h5-6,8,10,12H,4,7,9H2,1-3H3,(H,19,21)(H,20,22)/t12-/m1/s1. The number of rotatable bonds is 7. The molecule has 1 rings (SSSR count). The molecule has 0 bridgehead atoms. The number of benzene rings is 1. The fourth-order valence-electron chi connectivity index (χ4n) is 2.06. The molecule has 0 aliphatic carbocycles. The summed E-state index contributed by atoms with van der Waals surface area (Å²) in [5, 5.41) is 5.27. The molecular formula is C16H22F2N2O3. The summed E-state index contributed by atoms with van der Waals surface area (Å²) in [6.07, 6.45) is 0.0804. The maximum absolute atomic E-state index is 13.1. The molecule has 7 heteroatoms. The summed E-state index contributed by atoms with van der Waals surface area (Å²) in [6.45, 7) is 6.08. The van der Waals surface area contributed by atoms with Gasteiger partial charge in [-0.25, -0.2) is 13.6 Å². The Balaban J connectivity index is 2.63. The highest BCUT2D eigenvalue weighted by Crippen LogP contribution is 2.09. The van der Waals surface area contributed by atoms with Crippen LogP contribution in [0, 0.1) is 17.6 Å². The van der Waals surface area contributed by atoms with Gasteiger partial charge in [0.25, 0.3) is 5.91 Å². The Morgan fingerprint density at radius 3 is 2.48 bits per heavy atom. The number of hydrogen-bond donors (Lipinski definition) is 2. The van der Waals surface area contributed by atoms with Crippen LogP contribution in [0.15, 0.2) is 18.2 Å². The first-order valence-electron chi connectivity index (χ1n) is 7.50. The quantitative estimate of drug-likeness (QED) is 0.809. The van der Waals surface area contributed by atoms with Crippen molar-refractivity contribution >= 4 is 12.0 Å². The lowest BCUT2D eigenvalue weighted by Gasteiger charge is -2.20. The largest absolute Gasteiger partial charge is 0.450 e. The highest BCUT2D eigenvalue weighted by atomic mass is 19.2. The van der Waals surface area contributed by atoms with Crippen molar-refractivity contribution < 1.29 is 23.1 Å². The minimum Gasteiger partial charge on any atom is -0.450 e. The third kappa shape index (κ3) is 6.63. The normalized spacial score (nSPS) is 11.9. The van der Waals surface area contributed by atoms with E-state index in [9.17, 15) is 18.4 Å². The molecular weight excluding hydrogens is 306 g/mol. The van der Waals surface area contributed by atoms with E-state index in [-0.39, 0.29) is 24.8 Å². The maximum atomic E-state index is 13.1. The molecule has 1 aromatic rings. The smallest absolute Gasteiger partial charge is 0.407 e. The zero-order valence-corrected chi connectivity index (χ0v) is 13.5. The van der Waals surface area contributed by atoms with Crippen molar-refractivity contribution in [2.24, 2.45) is 5.92 Å². The Morgan fingerprint density at radius 2 is 1.91 bits per heavy atom. The number of carbonyl (C=O) groups excluding carboxylic acids is 2. The number of carbonyl (C=O) groups is 2. The Hall–Kier alpha value is -2.18. The van der Waals surface area contributed by atoms with Crippen LogP contribution in [0.3, 0.4) is 0 Å². The van der Waals surface area contributed by atoms with Gasteiger partial charge in [-0.05, 0) is 37.5 Å². The SMILES string of the molecule is CCOC(=O)N[C@@H](CNC(=O)c1ccc(F)c(F)c1)CC(C)C. The number of alkyl carbamates (subject to hydrolysis) is 1. The van der Waals surface area contributed by atoms with Crippen LogP contribution in [0.25, 0.3) is 0 Å². The first kappa shape index (κ1) is 18.9. The zero-order chi connectivity index (χ0) is 17.4. The Bertz CT molecular complexity index is 550. The first-order valence-corrected chi connectivity index (χ1v) is 7.50. The number of amides is 2. The van der Waals surface area contributed by atoms with Gasteiger partial charge in [0.1, 0.15) is 0 Å². The summed E-state index contributed by atoms with van der Waals surface area (Å²) in [5.41, 5.74) is 0.0170. The lowest BCUT2D eigenvalue weighted by molar-refractivity contribution is 0.0944. The molecule has 2 amide bonds. The average Bonchev–Trinajstić information content (AvgIpc) is 2.47. The maximum Gasteiger partial charge on any atom is 0.407 e. The van der Waals surface area contributed by atoms with Crippen LogP contribution in [0.1, 0.15) is 37.6 Å². The van der Waals surface area contributed by atoms with E-state index in [2.05, 4.69) is 10.6 Å². The molecule has 0 aliphatic heterocycles. The topological polar surface area (TPSA) is 67.4 Å². The van der Waals surface area contributed by atoms with Gasteiger partial charge in [0.05, 0.1) is 6.61 Å². The Morgan fingerprint density at radius 1 is 1.22 bits per heavy atom. The predicted molar refractivity (Wildman–Crippen MR) is 82.1 cm³/mol. The van der Waals surface area contributed by atoms with E-state index in [1.54, 1.807) is 6.92 Å². The molecule has 0 aromatic heterocycles. The molecule has 0 radical (unpaired) electrons. The zero-order valence-electron chi connectivity index (χ0n) is 13.5. The molecule has 23 heavy (non-hydrogen) atoms. The van der Waals surface area contributed by atoms with Crippen molar-refractivity contribution in [2.45, 2.75) is 33.2 Å². The summed E-state index contributed by atoms with van der Waals surface area (Å²) in [5.74, 6) is -2.34. The second-order valence-electron chi connectivity index (χ2n) is 5.53. The van der Waals surface area contributed by atoms with E-state index >= 15 is 0 Å². The fourth-order valence-corrected chi connectivity index (χ4v) is 2.06. The molecule has 0 spiro atoms. The van der Waals surface area contributed by atoms with Gasteiger partial charge in [-0.3, -0.25) is 4.79 Å². The van der Waals surface area contributed by atoms with Crippen LogP contribution in [-0.4, -0.2) is 31.2 Å². The van der Waals surface area contributed by atoms with Crippen LogP contribution < -0.4 is 10.6 Å². The van der Waals surface area contributed by atoms with E-state index in [0.29, 0.717) is 12.3 Å². The van der Waals surface area contributed by atoms with E-state index < -0.39 is 23.6 Å². The molecule has 5 nitrogen and oxygen atoms in total. The number of halogens is 2. The summed E-state index contributed by atoms with van der Waals surface area (Å²) in [7, 11) is 0. The van der Waals surface area contributed by atoms with Crippen molar-refractivity contribution in [3.05, 3.63) is 35.4 Å². The van der Waals surface area contributed by atoms with Crippen molar-refractivity contribution in [1.29, 1.82) is 0 Å². The molecule has 0 saturated heterocycles. The fraction of sp³-hybridized carbons (Fsp3) is 0.500. The molecule has 0 heterocycles. The summed E-state index contributed by atoms with van der Waals surface area (Å²) in [4.78, 5) is 23.5. The third-order valence-electron chi connectivity index (χ3n) is 3.04. The Kier molecular flexibility index (Phi) is 7.44. The average molecular weight is 328 g/mol. The first-order chi connectivity index (χ1) is 10.8. The van der Waals surface area contributed by atoms with E-state index in [0.717, 1.165) is 12.1 Å². The highest BCUT2D eigenvalue weighted by Gasteiger charge is 2.17. The van der Waals surface area contributed by atoms with Gasteiger partial charge < -0.3 is 15.4 Å². The minimum atomic E-state index is -1.08. The third-order valence-corrected chi connectivity index (χ3v) is 3.04. The molecule has 0 saturated carbocycles. The lowest BCUT2D eigenvalue weighted by Crippen LogP contribution is -2.44. The lowest BCUT2D eigenvalue weighted by atomic mass is 10.0. The summed E-state index contributed by atoms with van der Waals surface area (Å²) >= 11 is 0. The van der Waals surface area contributed by atoms with Crippen LogP contribution in [0.5, 0.6) is 0 Å². The van der Waals surface area contributed by atoms with E-state index in [1.165, 1.54) is 6.07 Å². The molecule has 1 atom stereocenters. The molecule has 0 fully saturated rings. The van der Waals surface area contributed by atoms with Crippen molar-refractivity contribution in [3.63, 3.8) is 0 Å².